The molecule has 0 aliphatic carbocycles. The lowest BCUT2D eigenvalue weighted by atomic mass is 10.0. The normalized spacial score (nSPS) is 16.0. The number of rotatable bonds is 6. The highest BCUT2D eigenvalue weighted by molar-refractivity contribution is 5.73. The van der Waals surface area contributed by atoms with Gasteiger partial charge >= 0.3 is 6.09 Å². The molecule has 0 radical (unpaired) electrons. The van der Waals surface area contributed by atoms with Gasteiger partial charge in [-0.3, -0.25) is 0 Å². The Kier molecular flexibility index (Phi) is 8.50. The molecule has 9 heteroatoms. The molecule has 2 aliphatic rings. The predicted octanol–water partition coefficient (Wildman–Crippen LogP) is 6.34. The molecule has 1 amide bonds. The molecule has 1 N–H and O–H groups in total. The Bertz CT molecular complexity index is 1450. The number of nitrogens with zero attached hydrogens (tertiary/aromatic N) is 4. The maximum atomic E-state index is 12.3. The number of hydrogen-bond acceptors (Lipinski definition) is 8. The Morgan fingerprint density at radius 2 is 1.83 bits per heavy atom. The lowest BCUT2D eigenvalue weighted by Crippen LogP contribution is -2.39. The van der Waals surface area contributed by atoms with E-state index in [0.29, 0.717) is 49.3 Å². The lowest BCUT2D eigenvalue weighted by molar-refractivity contribution is 0.0253. The molecule has 5 rings (SSSR count). The average Bonchev–Trinajstić information content (AvgIpc) is 2.98. The first-order chi connectivity index (χ1) is 19.8. The number of carbonyl (C=O) groups excluding carboxylic acids is 1. The third-order valence-corrected chi connectivity index (χ3v) is 6.91. The van der Waals surface area contributed by atoms with Crippen LogP contribution in [-0.2, 0) is 9.47 Å². The fraction of sp³-hybridized carbons (Fsp3) is 0.375. The van der Waals surface area contributed by atoms with Crippen molar-refractivity contribution in [2.24, 2.45) is 0 Å². The van der Waals surface area contributed by atoms with Gasteiger partial charge in [-0.1, -0.05) is 12.1 Å². The van der Waals surface area contributed by atoms with Crippen molar-refractivity contribution in [3.63, 3.8) is 0 Å². The summed E-state index contributed by atoms with van der Waals surface area (Å²) in [5, 5.41) is 13.0. The molecule has 0 saturated carbocycles. The summed E-state index contributed by atoms with van der Waals surface area (Å²) in [7, 11) is 0. The Morgan fingerprint density at radius 1 is 1.05 bits per heavy atom. The molecule has 1 aromatic carbocycles. The zero-order valence-corrected chi connectivity index (χ0v) is 23.7. The summed E-state index contributed by atoms with van der Waals surface area (Å²) in [6, 6.07) is 15.7. The summed E-state index contributed by atoms with van der Waals surface area (Å²) in [5.41, 5.74) is 4.00. The van der Waals surface area contributed by atoms with Crippen LogP contribution in [0.25, 0.3) is 16.7 Å². The van der Waals surface area contributed by atoms with Crippen LogP contribution in [0.1, 0.15) is 51.2 Å². The second kappa shape index (κ2) is 12.4. The minimum atomic E-state index is -0.508. The fourth-order valence-electron chi connectivity index (χ4n) is 4.76. The maximum absolute atomic E-state index is 12.3. The summed E-state index contributed by atoms with van der Waals surface area (Å²) < 4.78 is 17.0. The number of benzene rings is 1. The van der Waals surface area contributed by atoms with E-state index in [0.717, 1.165) is 41.5 Å². The topological polar surface area (TPSA) is 110 Å². The van der Waals surface area contributed by atoms with Crippen molar-refractivity contribution in [3.8, 4) is 22.9 Å². The standard InChI is InChI=1S/C32H35N5O4/c1-32(2,3)41-31(38)37-14-9-22(10-15-37)25-5-7-29(35-21-25)36-30-19-24(8-13-34-30)23-4-6-28(26(18-23)20-33)40-27-11-16-39-17-12-27/h4-9,13,18-19,21,27H,10-12,14-17H2,1-3H3,(H,34,35,36). The van der Waals surface area contributed by atoms with E-state index in [1.54, 1.807) is 11.1 Å². The Balaban J connectivity index is 1.22. The molecule has 0 spiro atoms. The van der Waals surface area contributed by atoms with E-state index < -0.39 is 5.60 Å². The van der Waals surface area contributed by atoms with Gasteiger partial charge < -0.3 is 24.4 Å². The molecule has 41 heavy (non-hydrogen) atoms. The minimum Gasteiger partial charge on any atom is -0.489 e. The molecule has 0 unspecified atom stereocenters. The zero-order valence-electron chi connectivity index (χ0n) is 23.7. The van der Waals surface area contributed by atoms with Crippen molar-refractivity contribution in [2.45, 2.75) is 51.7 Å². The van der Waals surface area contributed by atoms with Crippen LogP contribution in [0.3, 0.4) is 0 Å². The molecule has 212 valence electrons. The van der Waals surface area contributed by atoms with E-state index in [1.165, 1.54) is 0 Å². The van der Waals surface area contributed by atoms with E-state index in [-0.39, 0.29) is 12.2 Å². The largest absolute Gasteiger partial charge is 0.489 e. The second-order valence-corrected chi connectivity index (χ2v) is 11.1. The van der Waals surface area contributed by atoms with Crippen molar-refractivity contribution >= 4 is 23.3 Å². The van der Waals surface area contributed by atoms with Gasteiger partial charge in [0.2, 0.25) is 0 Å². The van der Waals surface area contributed by atoms with E-state index in [2.05, 4.69) is 27.4 Å². The highest BCUT2D eigenvalue weighted by atomic mass is 16.6. The summed E-state index contributed by atoms with van der Waals surface area (Å²) in [6.07, 6.45) is 7.78. The molecule has 9 nitrogen and oxygen atoms in total. The molecular formula is C32H35N5O4. The SMILES string of the molecule is CC(C)(C)OC(=O)N1CC=C(c2ccc(Nc3cc(-c4ccc(OC5CCOCC5)c(C#N)c4)ccn3)nc2)CC1. The van der Waals surface area contributed by atoms with Crippen molar-refractivity contribution in [3.05, 3.63) is 72.1 Å². The van der Waals surface area contributed by atoms with Gasteiger partial charge in [-0.05, 0) is 85.9 Å². The second-order valence-electron chi connectivity index (χ2n) is 11.1. The summed E-state index contributed by atoms with van der Waals surface area (Å²) in [6.45, 7) is 8.09. The van der Waals surface area contributed by atoms with E-state index in [9.17, 15) is 10.1 Å². The van der Waals surface area contributed by atoms with Gasteiger partial charge in [0, 0.05) is 38.3 Å². The lowest BCUT2D eigenvalue weighted by Gasteiger charge is -2.29. The van der Waals surface area contributed by atoms with E-state index in [1.807, 2.05) is 69.4 Å². The number of amides is 1. The third kappa shape index (κ3) is 7.41. The molecule has 3 aromatic rings. The fourth-order valence-corrected chi connectivity index (χ4v) is 4.76. The number of carbonyl (C=O) groups is 1. The average molecular weight is 554 g/mol. The Morgan fingerprint density at radius 3 is 2.51 bits per heavy atom. The first-order valence-electron chi connectivity index (χ1n) is 13.9. The summed E-state index contributed by atoms with van der Waals surface area (Å²) >= 11 is 0. The molecule has 2 aromatic heterocycles. The van der Waals surface area contributed by atoms with Gasteiger partial charge in [-0.2, -0.15) is 5.26 Å². The predicted molar refractivity (Wildman–Crippen MR) is 157 cm³/mol. The number of anilines is 2. The highest BCUT2D eigenvalue weighted by Gasteiger charge is 2.24. The molecule has 1 saturated heterocycles. The van der Waals surface area contributed by atoms with Crippen LogP contribution in [0.2, 0.25) is 0 Å². The summed E-state index contributed by atoms with van der Waals surface area (Å²) in [4.78, 5) is 23.1. The van der Waals surface area contributed by atoms with Crippen LogP contribution >= 0.6 is 0 Å². The number of hydrogen-bond donors (Lipinski definition) is 1. The van der Waals surface area contributed by atoms with Crippen LogP contribution in [0.4, 0.5) is 16.4 Å². The van der Waals surface area contributed by atoms with Gasteiger partial charge in [0.15, 0.2) is 0 Å². The molecule has 0 bridgehead atoms. The maximum Gasteiger partial charge on any atom is 0.410 e. The van der Waals surface area contributed by atoms with Crippen molar-refractivity contribution in [2.75, 3.05) is 31.6 Å². The van der Waals surface area contributed by atoms with Gasteiger partial charge in [0.05, 0.1) is 18.8 Å². The van der Waals surface area contributed by atoms with Crippen LogP contribution < -0.4 is 10.1 Å². The molecular weight excluding hydrogens is 518 g/mol. The molecule has 0 atom stereocenters. The smallest absolute Gasteiger partial charge is 0.410 e. The van der Waals surface area contributed by atoms with Crippen LogP contribution in [0, 0.1) is 11.3 Å². The van der Waals surface area contributed by atoms with Crippen LogP contribution in [0.5, 0.6) is 5.75 Å². The first-order valence-corrected chi connectivity index (χ1v) is 13.9. The number of nitrogens with one attached hydrogen (secondary N) is 1. The van der Waals surface area contributed by atoms with Crippen molar-refractivity contribution in [1.29, 1.82) is 5.26 Å². The number of aromatic nitrogens is 2. The van der Waals surface area contributed by atoms with Crippen molar-refractivity contribution in [1.82, 2.24) is 14.9 Å². The van der Waals surface area contributed by atoms with Gasteiger partial charge in [-0.15, -0.1) is 0 Å². The van der Waals surface area contributed by atoms with E-state index >= 15 is 0 Å². The number of nitriles is 1. The highest BCUT2D eigenvalue weighted by Crippen LogP contribution is 2.30. The van der Waals surface area contributed by atoms with Gasteiger partial charge in [0.1, 0.15) is 35.2 Å². The van der Waals surface area contributed by atoms with E-state index in [4.69, 9.17) is 14.2 Å². The first kappa shape index (κ1) is 28.1. The minimum absolute atomic E-state index is 0.0682. The van der Waals surface area contributed by atoms with Gasteiger partial charge in [-0.25, -0.2) is 14.8 Å². The summed E-state index contributed by atoms with van der Waals surface area (Å²) in [5.74, 6) is 1.92. The Labute approximate surface area is 240 Å². The third-order valence-electron chi connectivity index (χ3n) is 6.91. The number of ether oxygens (including phenoxy) is 3. The quantitative estimate of drug-likeness (QED) is 0.377. The van der Waals surface area contributed by atoms with Crippen LogP contribution in [-0.4, -0.2) is 59.0 Å². The zero-order chi connectivity index (χ0) is 28.8. The van der Waals surface area contributed by atoms with Gasteiger partial charge in [0.25, 0.3) is 0 Å². The number of pyridine rings is 2. The van der Waals surface area contributed by atoms with Crippen molar-refractivity contribution < 1.29 is 19.0 Å². The Hall–Kier alpha value is -4.42. The van der Waals surface area contributed by atoms with Crippen LogP contribution in [0.15, 0.2) is 60.9 Å². The monoisotopic (exact) mass is 553 g/mol. The molecule has 4 heterocycles. The molecule has 2 aliphatic heterocycles. The molecule has 1 fully saturated rings.